The van der Waals surface area contributed by atoms with Gasteiger partial charge < -0.3 is 9.84 Å². The van der Waals surface area contributed by atoms with Crippen LogP contribution in [0.2, 0.25) is 0 Å². The molecule has 0 amide bonds. The van der Waals surface area contributed by atoms with Crippen molar-refractivity contribution in [2.45, 2.75) is 38.4 Å². The minimum absolute atomic E-state index is 0.415. The molecule has 1 fully saturated rings. The molecule has 1 atom stereocenters. The average molecular weight is 268 g/mol. The van der Waals surface area contributed by atoms with Crippen LogP contribution in [0.1, 0.15) is 35.6 Å². The highest BCUT2D eigenvalue weighted by atomic mass is 16.5. The molecular formula is C18H20O2. The van der Waals surface area contributed by atoms with Gasteiger partial charge in [0, 0.05) is 6.42 Å². The Kier molecular flexibility index (Phi) is 3.75. The maximum absolute atomic E-state index is 10.3. The molecule has 0 saturated heterocycles. The van der Waals surface area contributed by atoms with Gasteiger partial charge in [-0.2, -0.15) is 0 Å². The van der Waals surface area contributed by atoms with Crippen molar-refractivity contribution in [3.8, 4) is 5.75 Å². The lowest BCUT2D eigenvalue weighted by Gasteiger charge is -2.12. The molecule has 3 rings (SSSR count). The third-order valence-corrected chi connectivity index (χ3v) is 3.60. The summed E-state index contributed by atoms with van der Waals surface area (Å²) >= 11 is 0. The zero-order chi connectivity index (χ0) is 13.9. The molecule has 20 heavy (non-hydrogen) atoms. The van der Waals surface area contributed by atoms with Gasteiger partial charge in [0.2, 0.25) is 0 Å². The van der Waals surface area contributed by atoms with E-state index in [4.69, 9.17) is 4.74 Å². The van der Waals surface area contributed by atoms with Crippen LogP contribution >= 0.6 is 0 Å². The van der Waals surface area contributed by atoms with E-state index in [-0.39, 0.29) is 0 Å². The summed E-state index contributed by atoms with van der Waals surface area (Å²) < 4.78 is 5.71. The van der Waals surface area contributed by atoms with Gasteiger partial charge in [0.05, 0.1) is 12.2 Å². The van der Waals surface area contributed by atoms with Crippen LogP contribution < -0.4 is 4.74 Å². The van der Waals surface area contributed by atoms with E-state index in [1.165, 1.54) is 5.56 Å². The first-order valence-corrected chi connectivity index (χ1v) is 7.21. The Labute approximate surface area is 120 Å². The SMILES string of the molecule is Cc1cccc(CC(O)c2ccc(OC3CC3)cc2)c1. The fourth-order valence-corrected chi connectivity index (χ4v) is 2.33. The molecule has 0 heterocycles. The van der Waals surface area contributed by atoms with E-state index in [0.717, 1.165) is 29.7 Å². The van der Waals surface area contributed by atoms with Crippen LogP contribution in [0.4, 0.5) is 0 Å². The highest BCUT2D eigenvalue weighted by Crippen LogP contribution is 2.28. The zero-order valence-corrected chi connectivity index (χ0v) is 11.8. The molecule has 0 bridgehead atoms. The van der Waals surface area contributed by atoms with Crippen molar-refractivity contribution in [2.75, 3.05) is 0 Å². The Hall–Kier alpha value is -1.80. The molecule has 1 saturated carbocycles. The highest BCUT2D eigenvalue weighted by molar-refractivity contribution is 5.31. The summed E-state index contributed by atoms with van der Waals surface area (Å²) in [6, 6.07) is 16.1. The second-order valence-corrected chi connectivity index (χ2v) is 5.60. The summed E-state index contributed by atoms with van der Waals surface area (Å²) in [4.78, 5) is 0. The Morgan fingerprint density at radius 2 is 1.90 bits per heavy atom. The molecule has 0 spiro atoms. The summed E-state index contributed by atoms with van der Waals surface area (Å²) in [5, 5.41) is 10.3. The lowest BCUT2D eigenvalue weighted by molar-refractivity contribution is 0.178. The fourth-order valence-electron chi connectivity index (χ4n) is 2.33. The van der Waals surface area contributed by atoms with E-state index in [9.17, 15) is 5.11 Å². The Morgan fingerprint density at radius 1 is 1.15 bits per heavy atom. The molecular weight excluding hydrogens is 248 g/mol. The third kappa shape index (κ3) is 3.40. The predicted molar refractivity (Wildman–Crippen MR) is 79.9 cm³/mol. The van der Waals surface area contributed by atoms with Gasteiger partial charge in [-0.1, -0.05) is 42.0 Å². The number of aliphatic hydroxyl groups excluding tert-OH is 1. The summed E-state index contributed by atoms with van der Waals surface area (Å²) in [5.74, 6) is 0.902. The minimum Gasteiger partial charge on any atom is -0.490 e. The van der Waals surface area contributed by atoms with Gasteiger partial charge in [-0.25, -0.2) is 0 Å². The summed E-state index contributed by atoms with van der Waals surface area (Å²) in [6.07, 6.45) is 2.92. The largest absolute Gasteiger partial charge is 0.490 e. The molecule has 1 N–H and O–H groups in total. The number of aliphatic hydroxyl groups is 1. The molecule has 1 unspecified atom stereocenters. The van der Waals surface area contributed by atoms with Crippen molar-refractivity contribution in [1.82, 2.24) is 0 Å². The van der Waals surface area contributed by atoms with E-state index in [1.54, 1.807) is 0 Å². The summed E-state index contributed by atoms with van der Waals surface area (Å²) in [7, 11) is 0. The van der Waals surface area contributed by atoms with Gasteiger partial charge in [0.15, 0.2) is 0 Å². The molecule has 104 valence electrons. The molecule has 2 nitrogen and oxygen atoms in total. The minimum atomic E-state index is -0.466. The van der Waals surface area contributed by atoms with Crippen molar-refractivity contribution in [1.29, 1.82) is 0 Å². The average Bonchev–Trinajstić information content (AvgIpc) is 3.23. The van der Waals surface area contributed by atoms with Gasteiger partial charge >= 0.3 is 0 Å². The highest BCUT2D eigenvalue weighted by Gasteiger charge is 2.23. The Bertz CT molecular complexity index is 570. The van der Waals surface area contributed by atoms with Gasteiger partial charge in [-0.15, -0.1) is 0 Å². The molecule has 2 aromatic carbocycles. The molecule has 0 aliphatic heterocycles. The first-order chi connectivity index (χ1) is 9.70. The Balaban J connectivity index is 1.65. The van der Waals surface area contributed by atoms with Crippen LogP contribution in [-0.2, 0) is 6.42 Å². The number of rotatable bonds is 5. The van der Waals surface area contributed by atoms with E-state index < -0.39 is 6.10 Å². The topological polar surface area (TPSA) is 29.5 Å². The van der Waals surface area contributed by atoms with Crippen molar-refractivity contribution in [3.05, 3.63) is 65.2 Å². The second kappa shape index (κ2) is 5.68. The molecule has 1 aliphatic rings. The monoisotopic (exact) mass is 268 g/mol. The standard InChI is InChI=1S/C18H20O2/c1-13-3-2-4-14(11-13)12-18(19)15-5-7-16(8-6-15)20-17-9-10-17/h2-8,11,17-19H,9-10,12H2,1H3. The normalized spacial score (nSPS) is 15.9. The number of benzene rings is 2. The fraction of sp³-hybridized carbons (Fsp3) is 0.333. The van der Waals surface area contributed by atoms with Gasteiger partial charge in [0.25, 0.3) is 0 Å². The van der Waals surface area contributed by atoms with Crippen LogP contribution in [0.3, 0.4) is 0 Å². The quantitative estimate of drug-likeness (QED) is 0.893. The predicted octanol–water partition coefficient (Wildman–Crippen LogP) is 3.81. The van der Waals surface area contributed by atoms with Crippen molar-refractivity contribution in [2.24, 2.45) is 0 Å². The van der Waals surface area contributed by atoms with Crippen LogP contribution in [-0.4, -0.2) is 11.2 Å². The van der Waals surface area contributed by atoms with E-state index in [0.29, 0.717) is 12.5 Å². The van der Waals surface area contributed by atoms with Crippen LogP contribution in [0.25, 0.3) is 0 Å². The van der Waals surface area contributed by atoms with E-state index >= 15 is 0 Å². The summed E-state index contributed by atoms with van der Waals surface area (Å²) in [5.41, 5.74) is 3.33. The summed E-state index contributed by atoms with van der Waals surface area (Å²) in [6.45, 7) is 2.07. The van der Waals surface area contributed by atoms with E-state index in [1.807, 2.05) is 30.3 Å². The number of aryl methyl sites for hydroxylation is 1. The molecule has 2 heteroatoms. The van der Waals surface area contributed by atoms with Gasteiger partial charge in [0.1, 0.15) is 5.75 Å². The van der Waals surface area contributed by atoms with Crippen molar-refractivity contribution in [3.63, 3.8) is 0 Å². The lowest BCUT2D eigenvalue weighted by Crippen LogP contribution is -2.02. The molecule has 1 aliphatic carbocycles. The third-order valence-electron chi connectivity index (χ3n) is 3.60. The van der Waals surface area contributed by atoms with Gasteiger partial charge in [-0.05, 0) is 43.0 Å². The number of hydrogen-bond donors (Lipinski definition) is 1. The maximum atomic E-state index is 10.3. The first kappa shape index (κ1) is 13.2. The molecule has 0 aromatic heterocycles. The first-order valence-electron chi connectivity index (χ1n) is 7.21. The van der Waals surface area contributed by atoms with Gasteiger partial charge in [-0.3, -0.25) is 0 Å². The van der Waals surface area contributed by atoms with Crippen molar-refractivity contribution < 1.29 is 9.84 Å². The maximum Gasteiger partial charge on any atom is 0.119 e. The number of hydrogen-bond acceptors (Lipinski definition) is 2. The van der Waals surface area contributed by atoms with Crippen molar-refractivity contribution >= 4 is 0 Å². The molecule has 2 aromatic rings. The number of ether oxygens (including phenoxy) is 1. The van der Waals surface area contributed by atoms with Crippen LogP contribution in [0.15, 0.2) is 48.5 Å². The Morgan fingerprint density at radius 3 is 2.55 bits per heavy atom. The smallest absolute Gasteiger partial charge is 0.119 e. The van der Waals surface area contributed by atoms with Crippen LogP contribution in [0.5, 0.6) is 5.75 Å². The zero-order valence-electron chi connectivity index (χ0n) is 11.8. The lowest BCUT2D eigenvalue weighted by atomic mass is 10.0. The second-order valence-electron chi connectivity index (χ2n) is 5.60. The molecule has 0 radical (unpaired) electrons. The van der Waals surface area contributed by atoms with Crippen LogP contribution in [0, 0.1) is 6.92 Å². The van der Waals surface area contributed by atoms with E-state index in [2.05, 4.69) is 25.1 Å².